The van der Waals surface area contributed by atoms with E-state index in [0.29, 0.717) is 53.2 Å². The fraction of sp³-hybridized carbons (Fsp3) is 0.154. The van der Waals surface area contributed by atoms with Gasteiger partial charge in [-0.2, -0.15) is 5.10 Å². The van der Waals surface area contributed by atoms with Crippen LogP contribution in [0.25, 0.3) is 0 Å². The van der Waals surface area contributed by atoms with E-state index in [-0.39, 0.29) is 0 Å². The van der Waals surface area contributed by atoms with Crippen LogP contribution in [0.2, 0.25) is 5.02 Å². The Balaban J connectivity index is 1.69. The van der Waals surface area contributed by atoms with Gasteiger partial charge in [0.15, 0.2) is 11.5 Å². The molecule has 0 saturated carbocycles. The predicted molar refractivity (Wildman–Crippen MR) is 131 cm³/mol. The van der Waals surface area contributed by atoms with Gasteiger partial charge in [-0.3, -0.25) is 4.79 Å². The smallest absolute Gasteiger partial charge is 0.271 e. The molecule has 3 rings (SSSR count). The molecule has 6 nitrogen and oxygen atoms in total. The van der Waals surface area contributed by atoms with Gasteiger partial charge < -0.3 is 14.2 Å². The number of hydrazone groups is 1. The molecule has 0 aliphatic rings. The van der Waals surface area contributed by atoms with E-state index in [1.165, 1.54) is 6.21 Å². The summed E-state index contributed by atoms with van der Waals surface area (Å²) in [6, 6.07) is 20.0. The molecule has 33 heavy (non-hydrogen) atoms. The summed E-state index contributed by atoms with van der Waals surface area (Å²) in [5.41, 5.74) is 4.58. The number of amides is 1. The molecule has 0 saturated heterocycles. The van der Waals surface area contributed by atoms with Crippen molar-refractivity contribution in [2.24, 2.45) is 5.10 Å². The molecular formula is C26H25ClN2O4. The molecule has 7 heteroatoms. The van der Waals surface area contributed by atoms with E-state index < -0.39 is 5.91 Å². The zero-order valence-electron chi connectivity index (χ0n) is 18.3. The largest absolute Gasteiger partial charge is 0.490 e. The number of hydrogen-bond acceptors (Lipinski definition) is 5. The lowest BCUT2D eigenvalue weighted by molar-refractivity contribution is 0.0954. The summed E-state index contributed by atoms with van der Waals surface area (Å²) in [6.45, 7) is 6.66. The van der Waals surface area contributed by atoms with Gasteiger partial charge in [-0.15, -0.1) is 0 Å². The van der Waals surface area contributed by atoms with Crippen molar-refractivity contribution in [1.82, 2.24) is 5.43 Å². The zero-order chi connectivity index (χ0) is 23.5. The van der Waals surface area contributed by atoms with Crippen LogP contribution in [-0.2, 0) is 6.61 Å². The highest BCUT2D eigenvalue weighted by molar-refractivity contribution is 6.30. The number of nitrogens with zero attached hydrogens (tertiary/aromatic N) is 1. The third-order valence-electron chi connectivity index (χ3n) is 4.44. The Morgan fingerprint density at radius 1 is 1.00 bits per heavy atom. The lowest BCUT2D eigenvalue weighted by Crippen LogP contribution is -2.18. The van der Waals surface area contributed by atoms with Crippen LogP contribution in [0.4, 0.5) is 0 Å². The maximum absolute atomic E-state index is 12.6. The Morgan fingerprint density at radius 2 is 1.79 bits per heavy atom. The van der Waals surface area contributed by atoms with Crippen LogP contribution in [0.1, 0.15) is 28.4 Å². The molecule has 0 unspecified atom stereocenters. The standard InChI is InChI=1S/C26H25ClN2O4/c1-3-14-32-24-12-10-20(16-25(24)31-4-2)26(30)29-28-17-21-15-22(27)11-13-23(21)33-18-19-8-6-5-7-9-19/h3,5-13,15-17H,1,4,14,18H2,2H3,(H,29,30)/b28-17+. The highest BCUT2D eigenvalue weighted by Gasteiger charge is 2.11. The fourth-order valence-electron chi connectivity index (χ4n) is 2.90. The first-order chi connectivity index (χ1) is 16.1. The molecule has 0 aliphatic carbocycles. The van der Waals surface area contributed by atoms with Gasteiger partial charge in [-0.25, -0.2) is 5.43 Å². The number of nitrogens with one attached hydrogen (secondary N) is 1. The van der Waals surface area contributed by atoms with Crippen molar-refractivity contribution in [1.29, 1.82) is 0 Å². The second kappa shape index (κ2) is 12.3. The van der Waals surface area contributed by atoms with Crippen molar-refractivity contribution in [3.8, 4) is 17.2 Å². The lowest BCUT2D eigenvalue weighted by atomic mass is 10.2. The normalized spacial score (nSPS) is 10.6. The number of carbonyl (C=O) groups is 1. The van der Waals surface area contributed by atoms with Crippen molar-refractivity contribution in [3.63, 3.8) is 0 Å². The van der Waals surface area contributed by atoms with Gasteiger partial charge in [-0.05, 0) is 48.9 Å². The molecule has 170 valence electrons. The van der Waals surface area contributed by atoms with E-state index in [0.717, 1.165) is 5.56 Å². The van der Waals surface area contributed by atoms with Gasteiger partial charge in [0, 0.05) is 16.1 Å². The predicted octanol–water partition coefficient (Wildman–Crippen LogP) is 5.65. The van der Waals surface area contributed by atoms with Gasteiger partial charge in [0.2, 0.25) is 0 Å². The lowest BCUT2D eigenvalue weighted by Gasteiger charge is -2.12. The van der Waals surface area contributed by atoms with E-state index in [2.05, 4.69) is 17.1 Å². The molecule has 3 aromatic rings. The average Bonchev–Trinajstić information content (AvgIpc) is 2.83. The first-order valence-electron chi connectivity index (χ1n) is 10.4. The summed E-state index contributed by atoms with van der Waals surface area (Å²) in [5, 5.41) is 4.61. The van der Waals surface area contributed by atoms with Crippen LogP contribution in [0, 0.1) is 0 Å². The Bertz CT molecular complexity index is 1120. The number of rotatable bonds is 11. The number of ether oxygens (including phenoxy) is 3. The molecule has 0 fully saturated rings. The minimum Gasteiger partial charge on any atom is -0.490 e. The minimum atomic E-state index is -0.392. The molecule has 1 N–H and O–H groups in total. The summed E-state index contributed by atoms with van der Waals surface area (Å²) < 4.78 is 17.1. The molecule has 0 aliphatic heterocycles. The van der Waals surface area contributed by atoms with Crippen LogP contribution in [-0.4, -0.2) is 25.3 Å². The molecule has 0 bridgehead atoms. The Morgan fingerprint density at radius 3 is 2.55 bits per heavy atom. The Kier molecular flexibility index (Phi) is 8.91. The van der Waals surface area contributed by atoms with Gasteiger partial charge in [0.1, 0.15) is 19.0 Å². The van der Waals surface area contributed by atoms with E-state index in [1.807, 2.05) is 37.3 Å². The van der Waals surface area contributed by atoms with Crippen LogP contribution in [0.15, 0.2) is 84.5 Å². The molecule has 0 spiro atoms. The second-order valence-electron chi connectivity index (χ2n) is 6.85. The molecule has 3 aromatic carbocycles. The summed E-state index contributed by atoms with van der Waals surface area (Å²) in [6.07, 6.45) is 3.13. The van der Waals surface area contributed by atoms with Crippen LogP contribution < -0.4 is 19.6 Å². The number of carbonyl (C=O) groups excluding carboxylic acids is 1. The van der Waals surface area contributed by atoms with Crippen molar-refractivity contribution in [2.45, 2.75) is 13.5 Å². The molecule has 0 radical (unpaired) electrons. The molecular weight excluding hydrogens is 440 g/mol. The number of hydrogen-bond donors (Lipinski definition) is 1. The first kappa shape index (κ1) is 23.9. The molecule has 0 aromatic heterocycles. The van der Waals surface area contributed by atoms with Gasteiger partial charge in [-0.1, -0.05) is 54.6 Å². The molecule has 0 heterocycles. The van der Waals surface area contributed by atoms with Gasteiger partial charge in [0.25, 0.3) is 5.91 Å². The first-order valence-corrected chi connectivity index (χ1v) is 10.8. The van der Waals surface area contributed by atoms with Crippen molar-refractivity contribution >= 4 is 23.7 Å². The van der Waals surface area contributed by atoms with Gasteiger partial charge in [0.05, 0.1) is 12.8 Å². The average molecular weight is 465 g/mol. The van der Waals surface area contributed by atoms with Crippen molar-refractivity contribution < 1.29 is 19.0 Å². The van der Waals surface area contributed by atoms with E-state index in [4.69, 9.17) is 25.8 Å². The van der Waals surface area contributed by atoms with E-state index in [1.54, 1.807) is 42.5 Å². The topological polar surface area (TPSA) is 69.2 Å². The van der Waals surface area contributed by atoms with E-state index >= 15 is 0 Å². The van der Waals surface area contributed by atoms with Crippen molar-refractivity contribution in [3.05, 3.63) is 101 Å². The number of benzene rings is 3. The second-order valence-corrected chi connectivity index (χ2v) is 7.29. The van der Waals surface area contributed by atoms with Gasteiger partial charge >= 0.3 is 0 Å². The summed E-state index contributed by atoms with van der Waals surface area (Å²) in [7, 11) is 0. The monoisotopic (exact) mass is 464 g/mol. The Hall–Kier alpha value is -3.77. The fourth-order valence-corrected chi connectivity index (χ4v) is 3.08. The van der Waals surface area contributed by atoms with Crippen LogP contribution in [0.3, 0.4) is 0 Å². The summed E-state index contributed by atoms with van der Waals surface area (Å²) in [5.74, 6) is 1.22. The third-order valence-corrected chi connectivity index (χ3v) is 4.68. The summed E-state index contributed by atoms with van der Waals surface area (Å²) >= 11 is 6.13. The maximum atomic E-state index is 12.6. The highest BCUT2D eigenvalue weighted by Crippen LogP contribution is 2.28. The SMILES string of the molecule is C=CCOc1ccc(C(=O)N/N=C/c2cc(Cl)ccc2OCc2ccccc2)cc1OCC. The molecule has 0 atom stereocenters. The summed E-state index contributed by atoms with van der Waals surface area (Å²) in [4.78, 5) is 12.6. The number of halogens is 1. The highest BCUT2D eigenvalue weighted by atomic mass is 35.5. The Labute approximate surface area is 198 Å². The van der Waals surface area contributed by atoms with Crippen LogP contribution >= 0.6 is 11.6 Å². The van der Waals surface area contributed by atoms with Crippen LogP contribution in [0.5, 0.6) is 17.2 Å². The zero-order valence-corrected chi connectivity index (χ0v) is 19.0. The molecule has 1 amide bonds. The van der Waals surface area contributed by atoms with Crippen molar-refractivity contribution in [2.75, 3.05) is 13.2 Å². The third kappa shape index (κ3) is 7.12. The quantitative estimate of drug-likeness (QED) is 0.226. The minimum absolute atomic E-state index is 0.338. The maximum Gasteiger partial charge on any atom is 0.271 e. The van der Waals surface area contributed by atoms with E-state index in [9.17, 15) is 4.79 Å².